The molecule has 4 N–H and O–H groups in total. The zero-order valence-corrected chi connectivity index (χ0v) is 17.3. The Hall–Kier alpha value is -2.81. The fourth-order valence-corrected chi connectivity index (χ4v) is 4.06. The van der Waals surface area contributed by atoms with Crippen molar-refractivity contribution in [3.63, 3.8) is 0 Å². The van der Waals surface area contributed by atoms with Crippen LogP contribution in [0.3, 0.4) is 0 Å². The van der Waals surface area contributed by atoms with Crippen LogP contribution < -0.4 is 15.4 Å². The summed E-state index contributed by atoms with van der Waals surface area (Å²) in [6.07, 6.45) is -1.50. The van der Waals surface area contributed by atoms with Crippen molar-refractivity contribution < 1.29 is 35.7 Å². The zero-order valence-electron chi connectivity index (χ0n) is 16.5. The number of hydrogen-bond acceptors (Lipinski definition) is 7. The Kier molecular flexibility index (Phi) is 5.79. The van der Waals surface area contributed by atoms with E-state index >= 15 is 0 Å². The molecule has 1 aromatic carbocycles. The lowest BCUT2D eigenvalue weighted by molar-refractivity contribution is -0.729. The minimum atomic E-state index is -4.47. The van der Waals surface area contributed by atoms with Crippen molar-refractivity contribution in [2.75, 3.05) is 12.0 Å². The van der Waals surface area contributed by atoms with Crippen LogP contribution in [-0.4, -0.2) is 47.0 Å². The van der Waals surface area contributed by atoms with Gasteiger partial charge in [0.25, 0.3) is 0 Å². The first-order valence-corrected chi connectivity index (χ1v) is 11.0. The van der Waals surface area contributed by atoms with Crippen LogP contribution in [-0.2, 0) is 20.7 Å². The second-order valence-electron chi connectivity index (χ2n) is 7.53. The molecule has 1 fully saturated rings. The van der Waals surface area contributed by atoms with Crippen molar-refractivity contribution >= 4 is 16.0 Å². The van der Waals surface area contributed by atoms with Crippen LogP contribution in [0.25, 0.3) is 16.9 Å². The summed E-state index contributed by atoms with van der Waals surface area (Å²) in [5, 5.41) is 19.4. The number of fused-ring (bicyclic) bond motifs is 1. The van der Waals surface area contributed by atoms with Gasteiger partial charge in [-0.2, -0.15) is 21.6 Å². The number of alkyl halides is 3. The Labute approximate surface area is 180 Å². The summed E-state index contributed by atoms with van der Waals surface area (Å²) in [7, 11) is -4.11. The third kappa shape index (κ3) is 4.98. The number of hydrogen-bond donors (Lipinski definition) is 3. The summed E-state index contributed by atoms with van der Waals surface area (Å²) < 4.78 is 67.1. The van der Waals surface area contributed by atoms with Crippen molar-refractivity contribution in [3.05, 3.63) is 48.3 Å². The summed E-state index contributed by atoms with van der Waals surface area (Å²) in [6, 6.07) is 6.14. The summed E-state index contributed by atoms with van der Waals surface area (Å²) >= 11 is 0. The molecule has 1 aliphatic rings. The largest absolute Gasteiger partial charge is 0.416 e. The third-order valence-corrected chi connectivity index (χ3v) is 5.66. The molecule has 0 saturated heterocycles. The molecule has 14 heteroatoms. The van der Waals surface area contributed by atoms with E-state index in [1.54, 1.807) is 12.3 Å². The molecule has 10 nitrogen and oxygen atoms in total. The first-order valence-electron chi connectivity index (χ1n) is 9.56. The predicted molar refractivity (Wildman–Crippen MR) is 105 cm³/mol. The van der Waals surface area contributed by atoms with E-state index in [1.165, 1.54) is 27.8 Å². The fourth-order valence-electron chi connectivity index (χ4n) is 3.70. The van der Waals surface area contributed by atoms with Gasteiger partial charge in [0.1, 0.15) is 0 Å². The second kappa shape index (κ2) is 8.27. The molecular weight excluding hydrogens is 453 g/mol. The van der Waals surface area contributed by atoms with E-state index in [0.29, 0.717) is 24.2 Å². The average Bonchev–Trinajstić information content (AvgIpc) is 3.29. The Morgan fingerprint density at radius 3 is 2.81 bits per heavy atom. The molecule has 0 spiro atoms. The van der Waals surface area contributed by atoms with Gasteiger partial charge in [0.15, 0.2) is 6.20 Å². The highest BCUT2D eigenvalue weighted by Crippen LogP contribution is 2.32. The number of nitrogens with one attached hydrogen (secondary N) is 1. The first-order chi connectivity index (χ1) is 15.0. The standard InChI is InChI=1S/C18H20F3N6O4S/c19-18(20,21)13-3-1-2-11(6-13)15-9-17-23-4-5-26(27(17)25-15)24-14-7-12(16(28)8-14)10-31-32(22,29)30/h1-6,9,12,14,16,24,28H,7-8,10H2,(H2,22,29,30)/q+1/t12-,14-,16+/m1/s1. The molecule has 0 unspecified atom stereocenters. The molecule has 2 heterocycles. The number of nitrogens with zero attached hydrogens (tertiary/aromatic N) is 4. The van der Waals surface area contributed by atoms with Gasteiger partial charge in [-0.25, -0.2) is 15.5 Å². The molecule has 3 aromatic rings. The van der Waals surface area contributed by atoms with Gasteiger partial charge in [0.05, 0.1) is 35.6 Å². The molecule has 3 atom stereocenters. The van der Waals surface area contributed by atoms with Gasteiger partial charge in [0.2, 0.25) is 11.3 Å². The maximum absolute atomic E-state index is 13.0. The van der Waals surface area contributed by atoms with Gasteiger partial charge in [-0.1, -0.05) is 16.9 Å². The monoisotopic (exact) mass is 473 g/mol. The molecule has 172 valence electrons. The number of aliphatic hydroxyl groups excluding tert-OH is 1. The maximum atomic E-state index is 13.0. The van der Waals surface area contributed by atoms with Gasteiger partial charge < -0.3 is 5.11 Å². The molecule has 4 rings (SSSR count). The number of benzene rings is 1. The van der Waals surface area contributed by atoms with E-state index in [4.69, 9.17) is 5.14 Å². The SMILES string of the molecule is NS(=O)(=O)OC[C@H]1C[C@@H](N[n+]2ccnc3cc(-c4cccc(C(F)(F)F)c4)nn32)C[C@@H]1O. The highest BCUT2D eigenvalue weighted by atomic mass is 32.2. The fraction of sp³-hybridized carbons (Fsp3) is 0.389. The van der Waals surface area contributed by atoms with Gasteiger partial charge >= 0.3 is 16.5 Å². The Balaban J connectivity index is 1.55. The summed E-state index contributed by atoms with van der Waals surface area (Å²) in [5.74, 6) is -0.443. The van der Waals surface area contributed by atoms with Gasteiger partial charge in [-0.15, -0.1) is 0 Å². The van der Waals surface area contributed by atoms with Crippen LogP contribution in [0.5, 0.6) is 0 Å². The number of nitrogens with two attached hydrogens (primary N) is 1. The van der Waals surface area contributed by atoms with Crippen molar-refractivity contribution in [3.8, 4) is 11.3 Å². The maximum Gasteiger partial charge on any atom is 0.416 e. The van der Waals surface area contributed by atoms with Crippen molar-refractivity contribution in [2.45, 2.75) is 31.2 Å². The molecule has 0 amide bonds. The topological polar surface area (TPSA) is 136 Å². The van der Waals surface area contributed by atoms with E-state index in [2.05, 4.69) is 19.7 Å². The molecule has 2 aromatic heterocycles. The lowest BCUT2D eigenvalue weighted by Crippen LogP contribution is -2.55. The number of aromatic nitrogens is 4. The van der Waals surface area contributed by atoms with E-state index in [9.17, 15) is 26.7 Å². The smallest absolute Gasteiger partial charge is 0.393 e. The third-order valence-electron chi connectivity index (χ3n) is 5.20. The van der Waals surface area contributed by atoms with Crippen molar-refractivity contribution in [1.82, 2.24) is 14.7 Å². The highest BCUT2D eigenvalue weighted by molar-refractivity contribution is 7.84. The van der Waals surface area contributed by atoms with Crippen LogP contribution >= 0.6 is 0 Å². The Morgan fingerprint density at radius 1 is 1.31 bits per heavy atom. The summed E-state index contributed by atoms with van der Waals surface area (Å²) in [4.78, 5) is 5.69. The Bertz CT molecular complexity index is 1230. The lowest BCUT2D eigenvalue weighted by atomic mass is 10.1. The van der Waals surface area contributed by atoms with Crippen LogP contribution in [0.1, 0.15) is 18.4 Å². The normalized spacial score (nSPS) is 21.8. The number of halogens is 3. The number of rotatable bonds is 6. The van der Waals surface area contributed by atoms with Gasteiger partial charge in [0, 0.05) is 22.2 Å². The van der Waals surface area contributed by atoms with Gasteiger partial charge in [-0.3, -0.25) is 4.18 Å². The van der Waals surface area contributed by atoms with E-state index < -0.39 is 34.1 Å². The highest BCUT2D eigenvalue weighted by Gasteiger charge is 2.35. The zero-order chi connectivity index (χ0) is 23.1. The lowest BCUT2D eigenvalue weighted by Gasteiger charge is -2.12. The molecule has 0 radical (unpaired) electrons. The minimum absolute atomic E-state index is 0.240. The van der Waals surface area contributed by atoms with Crippen molar-refractivity contribution in [2.24, 2.45) is 11.1 Å². The van der Waals surface area contributed by atoms with Crippen LogP contribution in [0.15, 0.2) is 42.7 Å². The second-order valence-corrected chi connectivity index (χ2v) is 8.75. The quantitative estimate of drug-likeness (QED) is 0.446. The summed E-state index contributed by atoms with van der Waals surface area (Å²) in [5.41, 5.74) is 3.34. The molecule has 1 saturated carbocycles. The molecule has 32 heavy (non-hydrogen) atoms. The molecule has 0 aliphatic heterocycles. The predicted octanol–water partition coefficient (Wildman–Crippen LogP) is 0.606. The molecule has 0 bridgehead atoms. The molecular formula is C18H20F3N6O4S+. The molecule has 1 aliphatic carbocycles. The van der Waals surface area contributed by atoms with E-state index in [-0.39, 0.29) is 18.2 Å². The first kappa shape index (κ1) is 22.4. The van der Waals surface area contributed by atoms with E-state index in [1.807, 2.05) is 0 Å². The van der Waals surface area contributed by atoms with Crippen LogP contribution in [0.2, 0.25) is 0 Å². The van der Waals surface area contributed by atoms with Crippen LogP contribution in [0, 0.1) is 5.92 Å². The average molecular weight is 473 g/mol. The Morgan fingerprint density at radius 2 is 2.09 bits per heavy atom. The van der Waals surface area contributed by atoms with Gasteiger partial charge in [-0.05, 0) is 25.0 Å². The van der Waals surface area contributed by atoms with E-state index in [0.717, 1.165) is 12.1 Å². The minimum Gasteiger partial charge on any atom is -0.393 e. The number of aliphatic hydroxyl groups is 1. The van der Waals surface area contributed by atoms with Crippen molar-refractivity contribution in [1.29, 1.82) is 0 Å². The van der Waals surface area contributed by atoms with Crippen LogP contribution in [0.4, 0.5) is 13.2 Å². The summed E-state index contributed by atoms with van der Waals surface area (Å²) in [6.45, 7) is -0.240.